The van der Waals surface area contributed by atoms with Gasteiger partial charge >= 0.3 is 8.25 Å². The first-order valence-electron chi connectivity index (χ1n) is 3.95. The third-order valence-electron chi connectivity index (χ3n) is 1.45. The van der Waals surface area contributed by atoms with Gasteiger partial charge in [-0.1, -0.05) is 0 Å². The molecule has 0 unspecified atom stereocenters. The minimum atomic E-state index is -2.15. The Morgan fingerprint density at radius 1 is 1.00 bits per heavy atom. The minimum absolute atomic E-state index is 0.584. The molecule has 2 rings (SSSR count). The highest BCUT2D eigenvalue weighted by molar-refractivity contribution is 14.1. The molecule has 0 aromatic carbocycles. The Morgan fingerprint density at radius 3 is 1.75 bits per heavy atom. The smallest absolute Gasteiger partial charge is 0.221 e. The predicted octanol–water partition coefficient (Wildman–Crippen LogP) is 5.13. The Hall–Kier alpha value is 0.560. The summed E-state index contributed by atoms with van der Waals surface area (Å²) in [7, 11) is -2.15. The summed E-state index contributed by atoms with van der Waals surface area (Å²) in [4.78, 5) is 0. The lowest BCUT2D eigenvalue weighted by Crippen LogP contribution is -1.85. The van der Waals surface area contributed by atoms with E-state index in [0.29, 0.717) is 11.5 Å². The molecular formula is C8H4I2O3PS2+. The van der Waals surface area contributed by atoms with Gasteiger partial charge in [0.2, 0.25) is 11.5 Å². The lowest BCUT2D eigenvalue weighted by molar-refractivity contribution is 0.417. The van der Waals surface area contributed by atoms with E-state index < -0.39 is 8.25 Å². The van der Waals surface area contributed by atoms with E-state index in [9.17, 15) is 4.57 Å². The maximum absolute atomic E-state index is 11.5. The van der Waals surface area contributed by atoms with E-state index in [1.807, 2.05) is 12.1 Å². The average molecular weight is 497 g/mol. The van der Waals surface area contributed by atoms with Crippen LogP contribution in [0.4, 0.5) is 0 Å². The molecule has 0 N–H and O–H groups in total. The molecule has 0 fully saturated rings. The molecule has 2 heterocycles. The van der Waals surface area contributed by atoms with Crippen LogP contribution in [0.2, 0.25) is 0 Å². The molecule has 0 aliphatic carbocycles. The topological polar surface area (TPSA) is 35.5 Å². The monoisotopic (exact) mass is 497 g/mol. The Balaban J connectivity index is 1.94. The van der Waals surface area contributed by atoms with Crippen molar-refractivity contribution in [3.05, 3.63) is 28.7 Å². The van der Waals surface area contributed by atoms with E-state index in [4.69, 9.17) is 9.05 Å². The summed E-state index contributed by atoms with van der Waals surface area (Å²) in [5.41, 5.74) is 0. The molecule has 0 saturated carbocycles. The molecule has 16 heavy (non-hydrogen) atoms. The van der Waals surface area contributed by atoms with Crippen LogP contribution in [-0.4, -0.2) is 0 Å². The first-order chi connectivity index (χ1) is 7.63. The van der Waals surface area contributed by atoms with E-state index >= 15 is 0 Å². The van der Waals surface area contributed by atoms with Crippen LogP contribution in [0.3, 0.4) is 0 Å². The molecule has 3 nitrogen and oxygen atoms in total. The van der Waals surface area contributed by atoms with Gasteiger partial charge in [-0.15, -0.1) is 22.7 Å². The molecule has 0 radical (unpaired) electrons. The van der Waals surface area contributed by atoms with E-state index in [1.165, 1.54) is 22.7 Å². The fraction of sp³-hybridized carbons (Fsp3) is 0. The van der Waals surface area contributed by atoms with Gasteiger partial charge in [0, 0.05) is 27.5 Å². The van der Waals surface area contributed by atoms with E-state index in [-0.39, 0.29) is 0 Å². The van der Waals surface area contributed by atoms with Crippen molar-refractivity contribution in [3.63, 3.8) is 0 Å². The van der Waals surface area contributed by atoms with Crippen molar-refractivity contribution < 1.29 is 13.6 Å². The molecule has 8 heteroatoms. The summed E-state index contributed by atoms with van der Waals surface area (Å²) >= 11 is 7.43. The van der Waals surface area contributed by atoms with Gasteiger partial charge in [-0.05, 0) is 45.2 Å². The standard InChI is InChI=1S/C8H4I2O3PS2/c9-7-1-5(3-15-7)12-14(11)13-6-2-8(10)16-4-6/h1-4H/q+1. The van der Waals surface area contributed by atoms with Crippen molar-refractivity contribution >= 4 is 76.1 Å². The van der Waals surface area contributed by atoms with Crippen molar-refractivity contribution in [1.29, 1.82) is 0 Å². The van der Waals surface area contributed by atoms with Gasteiger partial charge in [0.15, 0.2) is 0 Å². The zero-order valence-corrected chi connectivity index (χ0v) is 14.4. The lowest BCUT2D eigenvalue weighted by Gasteiger charge is -1.86. The van der Waals surface area contributed by atoms with Crippen LogP contribution in [0, 0.1) is 5.77 Å². The van der Waals surface area contributed by atoms with Gasteiger partial charge in [-0.25, -0.2) is 9.05 Å². The fourth-order valence-corrected chi connectivity index (χ4v) is 4.04. The molecule has 0 aliphatic rings. The Bertz CT molecular complexity index is 467. The zero-order valence-electron chi connectivity index (χ0n) is 7.55. The average Bonchev–Trinajstić information content (AvgIpc) is 2.76. The predicted molar refractivity (Wildman–Crippen MR) is 82.9 cm³/mol. The summed E-state index contributed by atoms with van der Waals surface area (Å²) in [6.45, 7) is 0. The molecule has 0 bridgehead atoms. The van der Waals surface area contributed by atoms with E-state index in [2.05, 4.69) is 45.2 Å². The summed E-state index contributed by atoms with van der Waals surface area (Å²) in [5, 5.41) is 3.60. The Labute approximate surface area is 128 Å². The van der Waals surface area contributed by atoms with Crippen LogP contribution < -0.4 is 9.05 Å². The SMILES string of the molecule is O=[P+](Oc1csc(I)c1)Oc1csc(I)c1. The van der Waals surface area contributed by atoms with Crippen molar-refractivity contribution in [3.8, 4) is 11.5 Å². The summed E-state index contributed by atoms with van der Waals surface area (Å²) in [6, 6.07) is 3.64. The molecule has 2 aromatic rings. The number of hydrogen-bond acceptors (Lipinski definition) is 5. The van der Waals surface area contributed by atoms with Gasteiger partial charge in [0.25, 0.3) is 0 Å². The summed E-state index contributed by atoms with van der Waals surface area (Å²) in [5.74, 6) is 1.17. The molecule has 2 aromatic heterocycles. The third-order valence-corrected chi connectivity index (χ3v) is 5.70. The largest absolute Gasteiger partial charge is 0.805 e. The number of halogens is 2. The van der Waals surface area contributed by atoms with Crippen molar-refractivity contribution in [1.82, 2.24) is 0 Å². The Kier molecular flexibility index (Phi) is 4.83. The maximum Gasteiger partial charge on any atom is 0.805 e. The van der Waals surface area contributed by atoms with Gasteiger partial charge in [0.05, 0.1) is 5.77 Å². The number of thiophene rings is 2. The summed E-state index contributed by atoms with van der Waals surface area (Å²) < 4.78 is 24.0. The van der Waals surface area contributed by atoms with E-state index in [1.54, 1.807) is 10.8 Å². The van der Waals surface area contributed by atoms with Gasteiger partial charge in [-0.3, -0.25) is 0 Å². The van der Waals surface area contributed by atoms with Gasteiger partial charge in [0.1, 0.15) is 0 Å². The van der Waals surface area contributed by atoms with Crippen LogP contribution in [0.5, 0.6) is 11.5 Å². The molecule has 0 saturated heterocycles. The highest BCUT2D eigenvalue weighted by Crippen LogP contribution is 2.35. The quantitative estimate of drug-likeness (QED) is 0.434. The minimum Gasteiger partial charge on any atom is -0.221 e. The second-order valence-corrected chi connectivity index (χ2v) is 9.00. The highest BCUT2D eigenvalue weighted by atomic mass is 127. The van der Waals surface area contributed by atoms with E-state index in [0.717, 1.165) is 5.77 Å². The molecule has 0 aliphatic heterocycles. The second kappa shape index (κ2) is 5.94. The third kappa shape index (κ3) is 3.80. The van der Waals surface area contributed by atoms with Crippen LogP contribution in [-0.2, 0) is 4.57 Å². The highest BCUT2D eigenvalue weighted by Gasteiger charge is 2.25. The van der Waals surface area contributed by atoms with Gasteiger partial charge in [-0.2, -0.15) is 0 Å². The molecule has 0 amide bonds. The zero-order chi connectivity index (χ0) is 11.5. The second-order valence-electron chi connectivity index (χ2n) is 2.58. The maximum atomic E-state index is 11.5. The molecule has 84 valence electrons. The van der Waals surface area contributed by atoms with Gasteiger partial charge < -0.3 is 0 Å². The lowest BCUT2D eigenvalue weighted by atomic mass is 10.6. The first kappa shape index (κ1) is 13.0. The molecule has 0 atom stereocenters. The van der Waals surface area contributed by atoms with Crippen molar-refractivity contribution in [2.24, 2.45) is 0 Å². The molecule has 0 spiro atoms. The Morgan fingerprint density at radius 2 is 1.44 bits per heavy atom. The van der Waals surface area contributed by atoms with Crippen LogP contribution in [0.1, 0.15) is 0 Å². The molecular weight excluding hydrogens is 493 g/mol. The van der Waals surface area contributed by atoms with Crippen molar-refractivity contribution in [2.45, 2.75) is 0 Å². The normalized spacial score (nSPS) is 10.1. The van der Waals surface area contributed by atoms with Crippen molar-refractivity contribution in [2.75, 3.05) is 0 Å². The first-order valence-corrected chi connectivity index (χ1v) is 8.96. The van der Waals surface area contributed by atoms with Crippen LogP contribution in [0.15, 0.2) is 22.9 Å². The fourth-order valence-electron chi connectivity index (χ4n) is 0.875. The van der Waals surface area contributed by atoms with Crippen LogP contribution in [0.25, 0.3) is 0 Å². The van der Waals surface area contributed by atoms with Crippen LogP contribution >= 0.6 is 76.1 Å². The number of rotatable bonds is 4. The summed E-state index contributed by atoms with van der Waals surface area (Å²) in [6.07, 6.45) is 0. The number of hydrogen-bond donors (Lipinski definition) is 0.